The smallest absolute Gasteiger partial charge is 0.174 e. The summed E-state index contributed by atoms with van der Waals surface area (Å²) >= 11 is 27.1. The molecule has 0 fully saturated rings. The summed E-state index contributed by atoms with van der Waals surface area (Å²) in [7, 11) is 0. The summed E-state index contributed by atoms with van der Waals surface area (Å²) in [6, 6.07) is 2.87. The highest BCUT2D eigenvalue weighted by Crippen LogP contribution is 2.19. The average Bonchev–Trinajstić information content (AvgIpc) is 2.30. The number of hydrogen-bond acceptors (Lipinski definition) is 5. The van der Waals surface area contributed by atoms with Crippen molar-refractivity contribution in [3.05, 3.63) is 37.8 Å². The minimum absolute atomic E-state index is 0.168. The summed E-state index contributed by atoms with van der Waals surface area (Å²) in [5.74, 6) is 0. The molecule has 0 aliphatic rings. The molecule has 0 saturated carbocycles. The van der Waals surface area contributed by atoms with Crippen LogP contribution in [0.2, 0.25) is 25.6 Å². The molecule has 0 aliphatic heterocycles. The van der Waals surface area contributed by atoms with Crippen LogP contribution in [0.3, 0.4) is 0 Å². The van der Waals surface area contributed by atoms with E-state index in [-0.39, 0.29) is 20.6 Å². The number of nitrogen functional groups attached to an aromatic ring is 1. The molecule has 0 unspecified atom stereocenters. The van der Waals surface area contributed by atoms with Gasteiger partial charge in [-0.15, -0.1) is 20.4 Å². The third kappa shape index (κ3) is 4.96. The zero-order valence-corrected chi connectivity index (χ0v) is 12.2. The maximum atomic E-state index is 5.50. The summed E-state index contributed by atoms with van der Waals surface area (Å²) in [4.78, 5) is 0. The maximum absolute atomic E-state index is 5.50. The molecule has 2 N–H and O–H groups in total. The number of nitrogens with two attached hydrogens (primary N) is 1. The minimum atomic E-state index is 0.168. The second-order valence-electron chi connectivity index (χ2n) is 2.72. The molecule has 0 aromatic carbocycles. The van der Waals surface area contributed by atoms with Gasteiger partial charge in [-0.3, -0.25) is 0 Å². The van der Waals surface area contributed by atoms with Crippen LogP contribution in [0.5, 0.6) is 0 Å². The van der Waals surface area contributed by atoms with Crippen LogP contribution in [0.25, 0.3) is 0 Å². The molecule has 0 radical (unpaired) electrons. The Hall–Kier alpha value is -0.590. The molecule has 10 heteroatoms. The Morgan fingerprint density at radius 2 is 1.22 bits per heavy atom. The Morgan fingerprint density at radius 3 is 1.61 bits per heavy atom. The number of rotatable bonds is 0. The van der Waals surface area contributed by atoms with Crippen LogP contribution < -0.4 is 5.73 Å². The van der Waals surface area contributed by atoms with Crippen LogP contribution in [-0.4, -0.2) is 20.4 Å². The van der Waals surface area contributed by atoms with Crippen molar-refractivity contribution >= 4 is 63.7 Å². The van der Waals surface area contributed by atoms with Gasteiger partial charge >= 0.3 is 0 Å². The van der Waals surface area contributed by atoms with E-state index < -0.39 is 0 Å². The summed E-state index contributed by atoms with van der Waals surface area (Å²) < 4.78 is 0. The highest BCUT2D eigenvalue weighted by Gasteiger charge is 1.98. The molecule has 2 rings (SSSR count). The van der Waals surface area contributed by atoms with E-state index in [1.165, 1.54) is 12.1 Å². The van der Waals surface area contributed by atoms with E-state index >= 15 is 0 Å². The van der Waals surface area contributed by atoms with Gasteiger partial charge in [0.15, 0.2) is 20.6 Å². The van der Waals surface area contributed by atoms with Gasteiger partial charge in [0.25, 0.3) is 0 Å². The van der Waals surface area contributed by atoms with Crippen molar-refractivity contribution < 1.29 is 0 Å². The lowest BCUT2D eigenvalue weighted by atomic mass is 10.5. The fourth-order valence-corrected chi connectivity index (χ4v) is 1.38. The minimum Gasteiger partial charge on any atom is -0.396 e. The van der Waals surface area contributed by atoms with E-state index in [2.05, 4.69) is 20.4 Å². The number of nitrogens with zero attached hydrogens (tertiary/aromatic N) is 4. The molecule has 2 heterocycles. The fourth-order valence-electron chi connectivity index (χ4n) is 0.699. The topological polar surface area (TPSA) is 77.6 Å². The molecule has 5 nitrogen and oxygen atoms in total. The summed E-state index contributed by atoms with van der Waals surface area (Å²) in [6.07, 6.45) is 0. The van der Waals surface area contributed by atoms with Crippen LogP contribution in [0.15, 0.2) is 12.1 Å². The first-order valence-electron chi connectivity index (χ1n) is 4.18. The molecule has 0 atom stereocenters. The maximum Gasteiger partial charge on any atom is 0.174 e. The van der Waals surface area contributed by atoms with Gasteiger partial charge in [0.2, 0.25) is 0 Å². The number of anilines is 1. The van der Waals surface area contributed by atoms with Crippen molar-refractivity contribution in [2.75, 3.05) is 5.73 Å². The lowest BCUT2D eigenvalue weighted by molar-refractivity contribution is 1.03. The highest BCUT2D eigenvalue weighted by atomic mass is 35.5. The van der Waals surface area contributed by atoms with Crippen LogP contribution in [0.4, 0.5) is 5.69 Å². The lowest BCUT2D eigenvalue weighted by Gasteiger charge is -1.92. The van der Waals surface area contributed by atoms with Gasteiger partial charge in [0.05, 0.1) is 10.7 Å². The third-order valence-electron chi connectivity index (χ3n) is 1.42. The first-order valence-corrected chi connectivity index (χ1v) is 6.07. The van der Waals surface area contributed by atoms with Crippen molar-refractivity contribution in [1.29, 1.82) is 0 Å². The van der Waals surface area contributed by atoms with Gasteiger partial charge in [-0.1, -0.05) is 58.0 Å². The highest BCUT2D eigenvalue weighted by molar-refractivity contribution is 6.42. The van der Waals surface area contributed by atoms with Gasteiger partial charge in [-0.2, -0.15) is 0 Å². The molecule has 18 heavy (non-hydrogen) atoms. The molecule has 0 aliphatic carbocycles. The summed E-state index contributed by atoms with van der Waals surface area (Å²) in [5, 5.41) is 14.9. The molecule has 96 valence electrons. The van der Waals surface area contributed by atoms with Gasteiger partial charge < -0.3 is 5.73 Å². The number of halogens is 5. The lowest BCUT2D eigenvalue weighted by Crippen LogP contribution is -1.90. The third-order valence-corrected chi connectivity index (χ3v) is 2.75. The van der Waals surface area contributed by atoms with E-state index in [0.717, 1.165) is 0 Å². The SMILES string of the molecule is Clc1cc(Cl)c(Cl)nn1.Nc1cc(Cl)nnc1Cl. The molecule has 2 aromatic rings. The number of hydrogen-bond donors (Lipinski definition) is 1. The Balaban J connectivity index is 0.000000180. The molecule has 0 saturated heterocycles. The van der Waals surface area contributed by atoms with Gasteiger partial charge in [-0.25, -0.2) is 0 Å². The van der Waals surface area contributed by atoms with E-state index in [0.29, 0.717) is 10.7 Å². The molecule has 0 spiro atoms. The van der Waals surface area contributed by atoms with E-state index in [1.54, 1.807) is 0 Å². The second kappa shape index (κ2) is 7.11. The van der Waals surface area contributed by atoms with E-state index in [1.807, 2.05) is 0 Å². The predicted molar refractivity (Wildman–Crippen MR) is 73.5 cm³/mol. The first-order chi connectivity index (χ1) is 8.40. The Morgan fingerprint density at radius 1 is 0.722 bits per heavy atom. The van der Waals surface area contributed by atoms with Crippen molar-refractivity contribution in [3.63, 3.8) is 0 Å². The molecule has 2 aromatic heterocycles. The largest absolute Gasteiger partial charge is 0.396 e. The molecular formula is C8H4Cl5N5. The Labute approximate surface area is 127 Å². The zero-order chi connectivity index (χ0) is 13.7. The monoisotopic (exact) mass is 345 g/mol. The van der Waals surface area contributed by atoms with Crippen LogP contribution in [0.1, 0.15) is 0 Å². The molecular weight excluding hydrogens is 343 g/mol. The van der Waals surface area contributed by atoms with Crippen LogP contribution in [-0.2, 0) is 0 Å². The zero-order valence-electron chi connectivity index (χ0n) is 8.41. The van der Waals surface area contributed by atoms with Gasteiger partial charge in [0.1, 0.15) is 0 Å². The van der Waals surface area contributed by atoms with Crippen molar-refractivity contribution in [2.24, 2.45) is 0 Å². The Kier molecular flexibility index (Phi) is 6.11. The van der Waals surface area contributed by atoms with Crippen LogP contribution in [0, 0.1) is 0 Å². The number of aromatic nitrogens is 4. The quantitative estimate of drug-likeness (QED) is 0.784. The second-order valence-corrected chi connectivity index (χ2v) is 4.62. The Bertz CT molecular complexity index is 500. The van der Waals surface area contributed by atoms with Gasteiger partial charge in [-0.05, 0) is 6.07 Å². The predicted octanol–water partition coefficient (Wildman–Crippen LogP) is 3.80. The van der Waals surface area contributed by atoms with E-state index in [4.69, 9.17) is 63.7 Å². The van der Waals surface area contributed by atoms with Crippen molar-refractivity contribution in [1.82, 2.24) is 20.4 Å². The van der Waals surface area contributed by atoms with Gasteiger partial charge in [0, 0.05) is 6.07 Å². The average molecular weight is 347 g/mol. The standard InChI is InChI=1S/C4HCl3N2.C4H3Cl2N3/c5-2-1-3(6)8-9-4(2)7;5-3-1-2(7)4(6)9-8-3/h1H;1H,(H2,7,8). The van der Waals surface area contributed by atoms with Crippen LogP contribution >= 0.6 is 58.0 Å². The summed E-state index contributed by atoms with van der Waals surface area (Å²) in [6.45, 7) is 0. The van der Waals surface area contributed by atoms with Crippen molar-refractivity contribution in [3.8, 4) is 0 Å². The normalized spacial score (nSPS) is 9.61. The summed E-state index contributed by atoms with van der Waals surface area (Å²) in [5.41, 5.74) is 5.65. The van der Waals surface area contributed by atoms with Crippen molar-refractivity contribution in [2.45, 2.75) is 0 Å². The molecule has 0 amide bonds. The first kappa shape index (κ1) is 15.5. The molecule has 0 bridgehead atoms. The van der Waals surface area contributed by atoms with E-state index in [9.17, 15) is 0 Å². The fraction of sp³-hybridized carbons (Fsp3) is 0.